The minimum atomic E-state index is -0.572. The molecule has 7 heteroatoms. The number of rotatable bonds is 13. The number of para-hydroxylation sites is 3. The lowest BCUT2D eigenvalue weighted by Crippen LogP contribution is -2.35. The molecule has 2 aromatic carbocycles. The van der Waals surface area contributed by atoms with Crippen LogP contribution in [0, 0.1) is 6.92 Å². The van der Waals surface area contributed by atoms with Crippen molar-refractivity contribution in [2.24, 2.45) is 0 Å². The topological polar surface area (TPSA) is 69.0 Å². The molecule has 7 nitrogen and oxygen atoms in total. The van der Waals surface area contributed by atoms with E-state index < -0.39 is 6.10 Å². The fourth-order valence-electron chi connectivity index (χ4n) is 3.81. The molecule has 1 unspecified atom stereocenters. The standard InChI is InChI=1S/C27H37N3O4/c1-6-16-29(17-23(31)19-33-20(2)3)18-24-21(4)28-30(22-12-8-7-9-13-22)27(24)34-26-15-11-10-14-25(26)32-5/h7-15,20,23,31H,6,16-19H2,1-5H3. The van der Waals surface area contributed by atoms with Crippen molar-refractivity contribution in [2.45, 2.75) is 52.9 Å². The molecular weight excluding hydrogens is 430 g/mol. The van der Waals surface area contributed by atoms with Crippen LogP contribution in [0.15, 0.2) is 54.6 Å². The average molecular weight is 468 g/mol. The Morgan fingerprint density at radius 1 is 1.03 bits per heavy atom. The van der Waals surface area contributed by atoms with E-state index in [1.807, 2.05) is 80.1 Å². The van der Waals surface area contributed by atoms with E-state index in [0.717, 1.165) is 29.9 Å². The maximum Gasteiger partial charge on any atom is 0.227 e. The first kappa shape index (κ1) is 25.7. The third-order valence-corrected chi connectivity index (χ3v) is 5.43. The molecule has 0 saturated carbocycles. The van der Waals surface area contributed by atoms with E-state index in [9.17, 15) is 5.11 Å². The first-order chi connectivity index (χ1) is 16.4. The van der Waals surface area contributed by atoms with Crippen LogP contribution in [0.5, 0.6) is 17.4 Å². The summed E-state index contributed by atoms with van der Waals surface area (Å²) in [5.74, 6) is 1.91. The highest BCUT2D eigenvalue weighted by atomic mass is 16.5. The molecule has 34 heavy (non-hydrogen) atoms. The molecule has 3 aromatic rings. The number of aryl methyl sites for hydroxylation is 1. The van der Waals surface area contributed by atoms with E-state index in [1.54, 1.807) is 7.11 Å². The zero-order chi connectivity index (χ0) is 24.5. The second-order valence-electron chi connectivity index (χ2n) is 8.64. The number of methoxy groups -OCH3 is 1. The van der Waals surface area contributed by atoms with E-state index in [1.165, 1.54) is 0 Å². The number of hydrogen-bond acceptors (Lipinski definition) is 6. The number of hydrogen-bond donors (Lipinski definition) is 1. The molecule has 3 rings (SSSR count). The largest absolute Gasteiger partial charge is 0.493 e. The first-order valence-electron chi connectivity index (χ1n) is 11.9. The van der Waals surface area contributed by atoms with Gasteiger partial charge in [0.25, 0.3) is 0 Å². The molecule has 1 N–H and O–H groups in total. The summed E-state index contributed by atoms with van der Waals surface area (Å²) in [7, 11) is 1.63. The van der Waals surface area contributed by atoms with E-state index in [4.69, 9.17) is 19.3 Å². The zero-order valence-electron chi connectivity index (χ0n) is 20.9. The molecule has 1 aromatic heterocycles. The van der Waals surface area contributed by atoms with Crippen molar-refractivity contribution >= 4 is 0 Å². The van der Waals surface area contributed by atoms with Gasteiger partial charge < -0.3 is 19.3 Å². The third kappa shape index (κ3) is 6.82. The summed E-state index contributed by atoms with van der Waals surface area (Å²) in [5, 5.41) is 15.4. The highest BCUT2D eigenvalue weighted by Crippen LogP contribution is 2.36. The Kier molecular flexibility index (Phi) is 9.51. The van der Waals surface area contributed by atoms with Gasteiger partial charge in [-0.3, -0.25) is 4.90 Å². The van der Waals surface area contributed by atoms with Crippen LogP contribution in [0.4, 0.5) is 0 Å². The summed E-state index contributed by atoms with van der Waals surface area (Å²) >= 11 is 0. The molecule has 1 atom stereocenters. The summed E-state index contributed by atoms with van der Waals surface area (Å²) in [6.07, 6.45) is 0.477. The van der Waals surface area contributed by atoms with Crippen LogP contribution in [0.25, 0.3) is 5.69 Å². The quantitative estimate of drug-likeness (QED) is 0.382. The van der Waals surface area contributed by atoms with Gasteiger partial charge in [-0.05, 0) is 58.0 Å². The summed E-state index contributed by atoms with van der Waals surface area (Å²) in [6, 6.07) is 17.5. The zero-order valence-corrected chi connectivity index (χ0v) is 20.9. The fraction of sp³-hybridized carbons (Fsp3) is 0.444. The number of nitrogens with zero attached hydrogens (tertiary/aromatic N) is 3. The monoisotopic (exact) mass is 467 g/mol. The Bertz CT molecular complexity index is 1020. The van der Waals surface area contributed by atoms with E-state index in [0.29, 0.717) is 37.1 Å². The molecule has 0 fully saturated rings. The van der Waals surface area contributed by atoms with Crippen LogP contribution in [0.3, 0.4) is 0 Å². The summed E-state index contributed by atoms with van der Waals surface area (Å²) < 4.78 is 19.4. The van der Waals surface area contributed by atoms with Crippen LogP contribution in [0.1, 0.15) is 38.4 Å². The van der Waals surface area contributed by atoms with Gasteiger partial charge in [0.2, 0.25) is 5.88 Å². The second-order valence-corrected chi connectivity index (χ2v) is 8.64. The molecule has 0 spiro atoms. The molecule has 0 amide bonds. The Morgan fingerprint density at radius 2 is 1.71 bits per heavy atom. The van der Waals surface area contributed by atoms with Gasteiger partial charge in [-0.1, -0.05) is 37.3 Å². The molecule has 0 aliphatic carbocycles. The lowest BCUT2D eigenvalue weighted by atomic mass is 10.2. The lowest BCUT2D eigenvalue weighted by Gasteiger charge is -2.25. The molecule has 184 valence electrons. The minimum Gasteiger partial charge on any atom is -0.493 e. The molecule has 0 radical (unpaired) electrons. The Balaban J connectivity index is 1.95. The normalized spacial score (nSPS) is 12.4. The number of aliphatic hydroxyl groups is 1. The Morgan fingerprint density at radius 3 is 2.35 bits per heavy atom. The van der Waals surface area contributed by atoms with Gasteiger partial charge in [-0.25, -0.2) is 4.68 Å². The summed E-state index contributed by atoms with van der Waals surface area (Å²) in [4.78, 5) is 2.22. The van der Waals surface area contributed by atoms with Crippen LogP contribution in [-0.4, -0.2) is 58.8 Å². The van der Waals surface area contributed by atoms with Gasteiger partial charge in [0.05, 0.1) is 42.9 Å². The van der Waals surface area contributed by atoms with E-state index in [2.05, 4.69) is 11.8 Å². The van der Waals surface area contributed by atoms with Crippen molar-refractivity contribution in [3.8, 4) is 23.1 Å². The van der Waals surface area contributed by atoms with Crippen LogP contribution >= 0.6 is 0 Å². The highest BCUT2D eigenvalue weighted by molar-refractivity contribution is 5.47. The average Bonchev–Trinajstić information content (AvgIpc) is 3.13. The predicted octanol–water partition coefficient (Wildman–Crippen LogP) is 4.98. The van der Waals surface area contributed by atoms with Crippen molar-refractivity contribution < 1.29 is 19.3 Å². The third-order valence-electron chi connectivity index (χ3n) is 5.43. The van der Waals surface area contributed by atoms with Crippen LogP contribution < -0.4 is 9.47 Å². The number of ether oxygens (including phenoxy) is 3. The summed E-state index contributed by atoms with van der Waals surface area (Å²) in [6.45, 7) is 10.3. The molecule has 0 aliphatic rings. The highest BCUT2D eigenvalue weighted by Gasteiger charge is 2.23. The van der Waals surface area contributed by atoms with Gasteiger partial charge in [0, 0.05) is 13.1 Å². The minimum absolute atomic E-state index is 0.0847. The Labute approximate surface area is 202 Å². The number of aliphatic hydroxyl groups excluding tert-OH is 1. The van der Waals surface area contributed by atoms with Crippen molar-refractivity contribution in [3.63, 3.8) is 0 Å². The number of benzene rings is 2. The summed E-state index contributed by atoms with van der Waals surface area (Å²) in [5.41, 5.74) is 2.76. The van der Waals surface area contributed by atoms with Crippen molar-refractivity contribution in [3.05, 3.63) is 65.9 Å². The van der Waals surface area contributed by atoms with Gasteiger partial charge in [0.1, 0.15) is 0 Å². The van der Waals surface area contributed by atoms with E-state index >= 15 is 0 Å². The molecular formula is C27H37N3O4. The van der Waals surface area contributed by atoms with Crippen LogP contribution in [0.2, 0.25) is 0 Å². The first-order valence-corrected chi connectivity index (χ1v) is 11.9. The molecule has 0 bridgehead atoms. The maximum absolute atomic E-state index is 10.6. The van der Waals surface area contributed by atoms with Gasteiger partial charge in [-0.2, -0.15) is 5.10 Å². The van der Waals surface area contributed by atoms with Crippen molar-refractivity contribution in [2.75, 3.05) is 26.8 Å². The van der Waals surface area contributed by atoms with Gasteiger partial charge >= 0.3 is 0 Å². The predicted molar refractivity (Wildman–Crippen MR) is 134 cm³/mol. The van der Waals surface area contributed by atoms with E-state index in [-0.39, 0.29) is 6.10 Å². The second kappa shape index (κ2) is 12.6. The van der Waals surface area contributed by atoms with Gasteiger partial charge in [0.15, 0.2) is 11.5 Å². The maximum atomic E-state index is 10.6. The SMILES string of the molecule is CCCN(Cc1c(C)nn(-c2ccccc2)c1Oc1ccccc1OC)CC(O)COC(C)C. The molecule has 0 saturated heterocycles. The van der Waals surface area contributed by atoms with Crippen LogP contribution in [-0.2, 0) is 11.3 Å². The van der Waals surface area contributed by atoms with Crippen molar-refractivity contribution in [1.29, 1.82) is 0 Å². The smallest absolute Gasteiger partial charge is 0.227 e. The van der Waals surface area contributed by atoms with Gasteiger partial charge in [-0.15, -0.1) is 0 Å². The number of aromatic nitrogens is 2. The fourth-order valence-corrected chi connectivity index (χ4v) is 3.81. The lowest BCUT2D eigenvalue weighted by molar-refractivity contribution is -0.00957. The van der Waals surface area contributed by atoms with Crippen molar-refractivity contribution in [1.82, 2.24) is 14.7 Å². The Hall–Kier alpha value is -2.87. The molecule has 0 aliphatic heterocycles. The molecule has 1 heterocycles.